The molecule has 0 unspecified atom stereocenters. The first-order chi connectivity index (χ1) is 9.86. The van der Waals surface area contributed by atoms with Crippen LogP contribution in [-0.2, 0) is 13.2 Å². The summed E-state index contributed by atoms with van der Waals surface area (Å²) in [6, 6.07) is 3.72. The first-order valence-electron chi connectivity index (χ1n) is 6.83. The van der Waals surface area contributed by atoms with Crippen LogP contribution >= 0.6 is 0 Å². The quantitative estimate of drug-likeness (QED) is 0.808. The first kappa shape index (κ1) is 14.2. The highest BCUT2D eigenvalue weighted by atomic mass is 19.4. The Bertz CT molecular complexity index is 654. The number of aromatic nitrogens is 2. The van der Waals surface area contributed by atoms with E-state index in [-0.39, 0.29) is 0 Å². The van der Waals surface area contributed by atoms with Crippen LogP contribution in [0.3, 0.4) is 0 Å². The van der Waals surface area contributed by atoms with Crippen LogP contribution in [0.1, 0.15) is 5.56 Å². The van der Waals surface area contributed by atoms with E-state index in [9.17, 15) is 13.2 Å². The molecule has 21 heavy (non-hydrogen) atoms. The summed E-state index contributed by atoms with van der Waals surface area (Å²) < 4.78 is 40.2. The second kappa shape index (κ2) is 4.91. The Hall–Kier alpha value is -1.76. The van der Waals surface area contributed by atoms with Gasteiger partial charge in [0.2, 0.25) is 5.95 Å². The fourth-order valence-electron chi connectivity index (χ4n) is 2.65. The highest BCUT2D eigenvalue weighted by Gasteiger charge is 2.31. The third kappa shape index (κ3) is 2.57. The zero-order valence-electron chi connectivity index (χ0n) is 12.0. The van der Waals surface area contributed by atoms with Crippen LogP contribution < -0.4 is 4.90 Å². The van der Waals surface area contributed by atoms with E-state index in [4.69, 9.17) is 0 Å². The lowest BCUT2D eigenvalue weighted by atomic mass is 10.2. The molecule has 0 aliphatic carbocycles. The maximum absolute atomic E-state index is 12.8. The maximum atomic E-state index is 12.8. The summed E-state index contributed by atoms with van der Waals surface area (Å²) in [6.45, 7) is 3.52. The molecule has 2 aromatic rings. The van der Waals surface area contributed by atoms with Crippen LogP contribution in [0.15, 0.2) is 18.2 Å². The number of piperazine rings is 1. The summed E-state index contributed by atoms with van der Waals surface area (Å²) >= 11 is 0. The lowest BCUT2D eigenvalue weighted by Gasteiger charge is -2.32. The molecule has 1 aliphatic heterocycles. The number of imidazole rings is 1. The number of rotatable bonds is 1. The molecule has 4 nitrogen and oxygen atoms in total. The Morgan fingerprint density at radius 3 is 2.33 bits per heavy atom. The van der Waals surface area contributed by atoms with Crippen molar-refractivity contribution >= 4 is 17.0 Å². The van der Waals surface area contributed by atoms with Crippen molar-refractivity contribution in [1.29, 1.82) is 0 Å². The number of likely N-dealkylation sites (N-methyl/N-ethyl adjacent to an activating group) is 1. The van der Waals surface area contributed by atoms with E-state index in [2.05, 4.69) is 21.8 Å². The third-order valence-electron chi connectivity index (χ3n) is 3.97. The van der Waals surface area contributed by atoms with E-state index in [1.165, 1.54) is 6.07 Å². The SMILES string of the molecule is CN1CCN(c2nc3cc(C(F)(F)F)ccc3n2C)CC1. The Balaban J connectivity index is 1.99. The number of hydrogen-bond acceptors (Lipinski definition) is 3. The second-order valence-corrected chi connectivity index (χ2v) is 5.46. The van der Waals surface area contributed by atoms with Crippen LogP contribution in [-0.4, -0.2) is 47.7 Å². The smallest absolute Gasteiger partial charge is 0.340 e. The molecule has 114 valence electrons. The van der Waals surface area contributed by atoms with Crippen molar-refractivity contribution in [2.45, 2.75) is 6.18 Å². The number of anilines is 1. The standard InChI is InChI=1S/C14H17F3N4/c1-19-5-7-21(8-6-19)13-18-11-9-10(14(15,16)17)3-4-12(11)20(13)2/h3-4,9H,5-8H2,1-2H3. The van der Waals surface area contributed by atoms with Gasteiger partial charge in [0.25, 0.3) is 0 Å². The lowest BCUT2D eigenvalue weighted by molar-refractivity contribution is -0.137. The van der Waals surface area contributed by atoms with Crippen molar-refractivity contribution in [3.63, 3.8) is 0 Å². The average molecular weight is 298 g/mol. The highest BCUT2D eigenvalue weighted by Crippen LogP contribution is 2.32. The predicted octanol–water partition coefficient (Wildman–Crippen LogP) is 2.34. The molecular weight excluding hydrogens is 281 g/mol. The monoisotopic (exact) mass is 298 g/mol. The zero-order valence-corrected chi connectivity index (χ0v) is 12.0. The Kier molecular flexibility index (Phi) is 3.32. The molecule has 0 spiro atoms. The van der Waals surface area contributed by atoms with Crippen LogP contribution in [0.2, 0.25) is 0 Å². The second-order valence-electron chi connectivity index (χ2n) is 5.46. The summed E-state index contributed by atoms with van der Waals surface area (Å²) in [6.07, 6.45) is -4.33. The molecular formula is C14H17F3N4. The minimum absolute atomic E-state index is 0.390. The fraction of sp³-hybridized carbons (Fsp3) is 0.500. The summed E-state index contributed by atoms with van der Waals surface area (Å²) in [5.41, 5.74) is 0.455. The van der Waals surface area contributed by atoms with Gasteiger partial charge in [-0.1, -0.05) is 0 Å². The Morgan fingerprint density at radius 2 is 1.71 bits per heavy atom. The molecule has 0 N–H and O–H groups in total. The molecule has 1 fully saturated rings. The van der Waals surface area contributed by atoms with Crippen LogP contribution in [0, 0.1) is 0 Å². The van der Waals surface area contributed by atoms with Gasteiger partial charge in [-0.05, 0) is 25.2 Å². The topological polar surface area (TPSA) is 24.3 Å². The zero-order chi connectivity index (χ0) is 15.2. The van der Waals surface area contributed by atoms with Crippen LogP contribution in [0.25, 0.3) is 11.0 Å². The number of hydrogen-bond donors (Lipinski definition) is 0. The van der Waals surface area contributed by atoms with Crippen molar-refractivity contribution in [1.82, 2.24) is 14.5 Å². The van der Waals surface area contributed by atoms with Gasteiger partial charge in [0.05, 0.1) is 16.6 Å². The van der Waals surface area contributed by atoms with Gasteiger partial charge in [0, 0.05) is 33.2 Å². The highest BCUT2D eigenvalue weighted by molar-refractivity contribution is 5.79. The maximum Gasteiger partial charge on any atom is 0.416 e. The van der Waals surface area contributed by atoms with E-state index in [0.717, 1.165) is 49.8 Å². The van der Waals surface area contributed by atoms with Crippen molar-refractivity contribution < 1.29 is 13.2 Å². The molecule has 1 saturated heterocycles. The summed E-state index contributed by atoms with van der Waals surface area (Å²) in [5, 5.41) is 0. The van der Waals surface area contributed by atoms with Crippen molar-refractivity contribution in [2.24, 2.45) is 7.05 Å². The van der Waals surface area contributed by atoms with E-state index in [1.54, 1.807) is 0 Å². The van der Waals surface area contributed by atoms with Crippen molar-refractivity contribution in [3.8, 4) is 0 Å². The van der Waals surface area contributed by atoms with Gasteiger partial charge >= 0.3 is 6.18 Å². The number of halogens is 3. The largest absolute Gasteiger partial charge is 0.416 e. The molecule has 0 atom stereocenters. The summed E-state index contributed by atoms with van der Waals surface area (Å²) in [5.74, 6) is 0.734. The van der Waals surface area contributed by atoms with Gasteiger partial charge in [0.15, 0.2) is 0 Å². The predicted molar refractivity (Wildman–Crippen MR) is 75.4 cm³/mol. The molecule has 1 aromatic carbocycles. The van der Waals surface area contributed by atoms with Gasteiger partial charge in [-0.15, -0.1) is 0 Å². The molecule has 0 saturated carbocycles. The van der Waals surface area contributed by atoms with Crippen molar-refractivity contribution in [3.05, 3.63) is 23.8 Å². The van der Waals surface area contributed by atoms with E-state index >= 15 is 0 Å². The Morgan fingerprint density at radius 1 is 1.05 bits per heavy atom. The molecule has 0 radical (unpaired) electrons. The number of fused-ring (bicyclic) bond motifs is 1. The number of nitrogens with zero attached hydrogens (tertiary/aromatic N) is 4. The molecule has 7 heteroatoms. The summed E-state index contributed by atoms with van der Waals surface area (Å²) in [7, 11) is 3.90. The van der Waals surface area contributed by atoms with Gasteiger partial charge in [-0.3, -0.25) is 0 Å². The van der Waals surface area contributed by atoms with E-state index < -0.39 is 11.7 Å². The van der Waals surface area contributed by atoms with E-state index in [0.29, 0.717) is 5.52 Å². The minimum Gasteiger partial charge on any atom is -0.340 e. The fourth-order valence-corrected chi connectivity index (χ4v) is 2.65. The third-order valence-corrected chi connectivity index (χ3v) is 3.97. The number of alkyl halides is 3. The van der Waals surface area contributed by atoms with Crippen LogP contribution in [0.4, 0.5) is 19.1 Å². The average Bonchev–Trinajstić information content (AvgIpc) is 2.76. The Labute approximate surface area is 120 Å². The lowest BCUT2D eigenvalue weighted by Crippen LogP contribution is -2.45. The van der Waals surface area contributed by atoms with E-state index in [1.807, 2.05) is 11.6 Å². The van der Waals surface area contributed by atoms with Gasteiger partial charge in [-0.2, -0.15) is 13.2 Å². The van der Waals surface area contributed by atoms with Crippen molar-refractivity contribution in [2.75, 3.05) is 38.1 Å². The molecule has 3 rings (SSSR count). The van der Waals surface area contributed by atoms with Gasteiger partial charge in [-0.25, -0.2) is 4.98 Å². The summed E-state index contributed by atoms with van der Waals surface area (Å²) in [4.78, 5) is 8.75. The molecule has 0 bridgehead atoms. The van der Waals surface area contributed by atoms with Crippen LogP contribution in [0.5, 0.6) is 0 Å². The molecule has 2 heterocycles. The number of aryl methyl sites for hydroxylation is 1. The first-order valence-corrected chi connectivity index (χ1v) is 6.83. The molecule has 1 aliphatic rings. The number of benzene rings is 1. The normalized spacial score (nSPS) is 17.7. The van der Waals surface area contributed by atoms with Gasteiger partial charge in [0.1, 0.15) is 0 Å². The minimum atomic E-state index is -4.33. The van der Waals surface area contributed by atoms with Gasteiger partial charge < -0.3 is 14.4 Å². The molecule has 1 aromatic heterocycles. The molecule has 0 amide bonds.